The largest absolute Gasteiger partial charge is 0.507 e. The maximum atomic E-state index is 13.2. The van der Waals surface area contributed by atoms with Crippen LogP contribution in [0.4, 0.5) is 18.9 Å². The molecular weight excluding hydrogens is 503 g/mol. The number of nitrogens with one attached hydrogen (secondary N) is 1. The van der Waals surface area contributed by atoms with Gasteiger partial charge in [-0.05, 0) is 65.6 Å². The molecule has 3 aromatic carbocycles. The fourth-order valence-corrected chi connectivity index (χ4v) is 5.26. The van der Waals surface area contributed by atoms with Crippen LogP contribution in [0.5, 0.6) is 5.75 Å². The summed E-state index contributed by atoms with van der Waals surface area (Å²) in [7, 11) is 0. The van der Waals surface area contributed by atoms with Crippen LogP contribution >= 0.6 is 35.1 Å². The summed E-state index contributed by atoms with van der Waals surface area (Å²) in [6.45, 7) is 5.61. The minimum Gasteiger partial charge on any atom is -0.507 e. The zero-order valence-electron chi connectivity index (χ0n) is 18.7. The summed E-state index contributed by atoms with van der Waals surface area (Å²) in [5.74, 6) is -0.0491. The molecule has 3 nitrogen and oxygen atoms in total. The van der Waals surface area contributed by atoms with E-state index in [4.69, 9.17) is 11.6 Å². The molecule has 180 valence electrons. The van der Waals surface area contributed by atoms with Gasteiger partial charge < -0.3 is 10.4 Å². The van der Waals surface area contributed by atoms with Crippen molar-refractivity contribution in [1.82, 2.24) is 0 Å². The number of halogens is 4. The van der Waals surface area contributed by atoms with E-state index in [2.05, 4.69) is 5.32 Å². The van der Waals surface area contributed by atoms with Crippen molar-refractivity contribution >= 4 is 46.7 Å². The van der Waals surface area contributed by atoms with Gasteiger partial charge in [0, 0.05) is 15.5 Å². The molecule has 0 aromatic heterocycles. The van der Waals surface area contributed by atoms with Crippen LogP contribution in [-0.2, 0) is 5.75 Å². The van der Waals surface area contributed by atoms with Gasteiger partial charge in [0.05, 0.1) is 16.3 Å². The van der Waals surface area contributed by atoms with Gasteiger partial charge >= 0.3 is 5.51 Å². The minimum atomic E-state index is -4.44. The highest BCUT2D eigenvalue weighted by molar-refractivity contribution is 8.00. The Balaban J connectivity index is 1.91. The summed E-state index contributed by atoms with van der Waals surface area (Å²) < 4.78 is 37.9. The summed E-state index contributed by atoms with van der Waals surface area (Å²) in [4.78, 5) is 14.0. The molecule has 0 saturated carbocycles. The summed E-state index contributed by atoms with van der Waals surface area (Å²) in [5.41, 5.74) is -1.80. The molecule has 0 unspecified atom stereocenters. The van der Waals surface area contributed by atoms with E-state index in [1.807, 2.05) is 50.2 Å². The zero-order valence-corrected chi connectivity index (χ0v) is 21.1. The van der Waals surface area contributed by atoms with Gasteiger partial charge in [-0.1, -0.05) is 55.8 Å². The van der Waals surface area contributed by atoms with Gasteiger partial charge in [0.2, 0.25) is 0 Å². The van der Waals surface area contributed by atoms with E-state index in [9.17, 15) is 23.1 Å². The topological polar surface area (TPSA) is 49.3 Å². The third-order valence-corrected chi connectivity index (χ3v) is 7.30. The second-order valence-electron chi connectivity index (χ2n) is 7.89. The molecule has 0 aliphatic rings. The smallest absolute Gasteiger partial charge is 0.446 e. The number of phenolic OH excluding ortho intramolecular Hbond substituents is 1. The number of amides is 1. The Morgan fingerprint density at radius 3 is 2.38 bits per heavy atom. The molecule has 0 heterocycles. The summed E-state index contributed by atoms with van der Waals surface area (Å²) >= 11 is 7.41. The number of carbonyl (C=O) groups excluding carboxylic acids is 1. The van der Waals surface area contributed by atoms with E-state index in [1.54, 1.807) is 18.7 Å². The van der Waals surface area contributed by atoms with Crippen LogP contribution in [0.25, 0.3) is 0 Å². The van der Waals surface area contributed by atoms with Crippen LogP contribution in [-0.4, -0.2) is 16.5 Å². The molecule has 0 aliphatic carbocycles. The molecule has 1 amide bonds. The average molecular weight is 526 g/mol. The lowest BCUT2D eigenvalue weighted by Crippen LogP contribution is -2.15. The first-order valence-electron chi connectivity index (χ1n) is 10.4. The lowest BCUT2D eigenvalue weighted by atomic mass is 9.95. The summed E-state index contributed by atoms with van der Waals surface area (Å²) in [5, 5.41) is 13.5. The van der Waals surface area contributed by atoms with Gasteiger partial charge in [-0.15, -0.1) is 11.8 Å². The van der Waals surface area contributed by atoms with Crippen molar-refractivity contribution < 1.29 is 23.1 Å². The van der Waals surface area contributed by atoms with Crippen molar-refractivity contribution in [3.8, 4) is 5.75 Å². The lowest BCUT2D eigenvalue weighted by molar-refractivity contribution is -0.0328. The second-order valence-corrected chi connectivity index (χ2v) is 10.4. The summed E-state index contributed by atoms with van der Waals surface area (Å²) in [6, 6.07) is 15.5. The van der Waals surface area contributed by atoms with E-state index in [0.29, 0.717) is 16.9 Å². The highest BCUT2D eigenvalue weighted by Gasteiger charge is 2.29. The lowest BCUT2D eigenvalue weighted by Gasteiger charge is -2.19. The number of aromatic hydroxyl groups is 1. The Kier molecular flexibility index (Phi) is 8.49. The van der Waals surface area contributed by atoms with Gasteiger partial charge in [-0.3, -0.25) is 4.79 Å². The molecule has 0 saturated heterocycles. The molecule has 0 atom stereocenters. The fourth-order valence-electron chi connectivity index (χ4n) is 3.35. The number of anilines is 1. The molecule has 3 aromatic rings. The average Bonchev–Trinajstić information content (AvgIpc) is 2.74. The Hall–Kier alpha value is -2.29. The number of hydrogen-bond acceptors (Lipinski definition) is 4. The van der Waals surface area contributed by atoms with Crippen LogP contribution in [0.3, 0.4) is 0 Å². The van der Waals surface area contributed by atoms with E-state index in [-0.39, 0.29) is 44.6 Å². The normalized spacial score (nSPS) is 11.6. The fraction of sp³-hybridized carbons (Fsp3) is 0.240. The summed E-state index contributed by atoms with van der Waals surface area (Å²) in [6.07, 6.45) is 0. The highest BCUT2D eigenvalue weighted by Crippen LogP contribution is 2.41. The van der Waals surface area contributed by atoms with Gasteiger partial charge in [0.15, 0.2) is 0 Å². The monoisotopic (exact) mass is 525 g/mol. The van der Waals surface area contributed by atoms with Crippen molar-refractivity contribution in [2.45, 2.75) is 47.7 Å². The first kappa shape index (κ1) is 26.3. The number of benzene rings is 3. The van der Waals surface area contributed by atoms with Gasteiger partial charge in [-0.2, -0.15) is 13.2 Å². The molecule has 0 fully saturated rings. The number of hydrogen-bond donors (Lipinski definition) is 2. The predicted octanol–water partition coefficient (Wildman–Crippen LogP) is 8.63. The number of phenols is 1. The molecule has 3 rings (SSSR count). The van der Waals surface area contributed by atoms with Crippen molar-refractivity contribution in [1.29, 1.82) is 0 Å². The first-order chi connectivity index (χ1) is 16.0. The molecule has 2 N–H and O–H groups in total. The number of alkyl halides is 3. The number of rotatable bonds is 7. The van der Waals surface area contributed by atoms with Crippen molar-refractivity contribution in [3.05, 3.63) is 81.9 Å². The van der Waals surface area contributed by atoms with Crippen LogP contribution in [0.15, 0.2) is 64.4 Å². The number of thioether (sulfide) groups is 2. The van der Waals surface area contributed by atoms with E-state index >= 15 is 0 Å². The predicted molar refractivity (Wildman–Crippen MR) is 134 cm³/mol. The third kappa shape index (κ3) is 6.64. The maximum absolute atomic E-state index is 13.2. The zero-order chi connectivity index (χ0) is 25.0. The number of carbonyl (C=O) groups is 1. The van der Waals surface area contributed by atoms with E-state index in [1.165, 1.54) is 12.1 Å². The Labute approximate surface area is 210 Å². The molecule has 9 heteroatoms. The van der Waals surface area contributed by atoms with Crippen LogP contribution in [0.2, 0.25) is 5.02 Å². The van der Waals surface area contributed by atoms with Crippen LogP contribution in [0.1, 0.15) is 46.8 Å². The van der Waals surface area contributed by atoms with Gasteiger partial charge in [0.25, 0.3) is 5.91 Å². The van der Waals surface area contributed by atoms with E-state index < -0.39 is 11.4 Å². The molecule has 34 heavy (non-hydrogen) atoms. The van der Waals surface area contributed by atoms with Crippen molar-refractivity contribution in [3.63, 3.8) is 0 Å². The standard InChI is InChI=1S/C25H23ClF3NO2S2/c1-14(2)18-12-21(33-13-16-7-5-4-6-8-16)15(3)22(23(18)31)24(32)30-20-10-9-17(11-19(20)26)34-25(27,28)29/h4-12,14,31H,13H2,1-3H3,(H,30,32). The minimum absolute atomic E-state index is 0.0292. The quantitative estimate of drug-likeness (QED) is 0.303. The Morgan fingerprint density at radius 2 is 1.79 bits per heavy atom. The Bertz CT molecular complexity index is 1190. The van der Waals surface area contributed by atoms with Crippen molar-refractivity contribution in [2.75, 3.05) is 5.32 Å². The third-order valence-electron chi connectivity index (χ3n) is 5.05. The maximum Gasteiger partial charge on any atom is 0.446 e. The van der Waals surface area contributed by atoms with E-state index in [0.717, 1.165) is 16.5 Å². The molecule has 0 bridgehead atoms. The molecule has 0 radical (unpaired) electrons. The van der Waals surface area contributed by atoms with Crippen molar-refractivity contribution in [2.24, 2.45) is 0 Å². The Morgan fingerprint density at radius 1 is 1.12 bits per heavy atom. The molecular formula is C25H23ClF3NO2S2. The van der Waals surface area contributed by atoms with Crippen LogP contribution in [0, 0.1) is 6.92 Å². The van der Waals surface area contributed by atoms with Gasteiger partial charge in [-0.25, -0.2) is 0 Å². The SMILES string of the molecule is Cc1c(SCc2ccccc2)cc(C(C)C)c(O)c1C(=O)Nc1ccc(SC(F)(F)F)cc1Cl. The second kappa shape index (κ2) is 11.0. The first-order valence-corrected chi connectivity index (χ1v) is 12.5. The molecule has 0 spiro atoms. The van der Waals surface area contributed by atoms with Crippen LogP contribution < -0.4 is 5.32 Å². The van der Waals surface area contributed by atoms with Gasteiger partial charge in [0.1, 0.15) is 5.75 Å². The molecule has 0 aliphatic heterocycles. The highest BCUT2D eigenvalue weighted by atomic mass is 35.5.